The molecule has 0 saturated carbocycles. The van der Waals surface area contributed by atoms with Gasteiger partial charge in [0.15, 0.2) is 0 Å². The zero-order valence-electron chi connectivity index (χ0n) is 7.79. The van der Waals surface area contributed by atoms with Crippen LogP contribution in [0, 0.1) is 11.3 Å². The standard InChI is InChI=1S/C11H13NO/c1-2-13-11-8-4-3-6-10(11)7-5-9-12/h3-4,6,8H,2,5,7H2,1H3. The SMILES string of the molecule is CCOc1ccccc1CCC#N. The average Bonchev–Trinajstić information content (AvgIpc) is 2.17. The molecule has 0 amide bonds. The molecule has 0 aliphatic carbocycles. The highest BCUT2D eigenvalue weighted by Crippen LogP contribution is 2.18. The Bertz CT molecular complexity index is 301. The molecule has 0 saturated heterocycles. The third-order valence-corrected chi connectivity index (χ3v) is 1.78. The number of nitrogens with zero attached hydrogens (tertiary/aromatic N) is 1. The van der Waals surface area contributed by atoms with E-state index in [0.29, 0.717) is 13.0 Å². The van der Waals surface area contributed by atoms with Crippen molar-refractivity contribution >= 4 is 0 Å². The lowest BCUT2D eigenvalue weighted by molar-refractivity contribution is 0.336. The van der Waals surface area contributed by atoms with Gasteiger partial charge in [-0.1, -0.05) is 18.2 Å². The van der Waals surface area contributed by atoms with Gasteiger partial charge in [-0.25, -0.2) is 0 Å². The lowest BCUT2D eigenvalue weighted by atomic mass is 10.1. The van der Waals surface area contributed by atoms with Gasteiger partial charge in [0, 0.05) is 6.42 Å². The van der Waals surface area contributed by atoms with E-state index in [9.17, 15) is 0 Å². The number of benzene rings is 1. The fourth-order valence-electron chi connectivity index (χ4n) is 1.20. The van der Waals surface area contributed by atoms with Gasteiger partial charge in [-0.3, -0.25) is 0 Å². The molecule has 1 rings (SSSR count). The molecule has 0 aromatic heterocycles. The normalized spacial score (nSPS) is 9.23. The van der Waals surface area contributed by atoms with Crippen LogP contribution in [0.4, 0.5) is 0 Å². The maximum Gasteiger partial charge on any atom is 0.122 e. The second-order valence-electron chi connectivity index (χ2n) is 2.70. The highest BCUT2D eigenvalue weighted by molar-refractivity contribution is 5.33. The predicted octanol–water partition coefficient (Wildman–Crippen LogP) is 2.54. The van der Waals surface area contributed by atoms with Crippen molar-refractivity contribution in [2.75, 3.05) is 6.61 Å². The average molecular weight is 175 g/mol. The Balaban J connectivity index is 2.73. The quantitative estimate of drug-likeness (QED) is 0.704. The largest absolute Gasteiger partial charge is 0.494 e. The lowest BCUT2D eigenvalue weighted by Gasteiger charge is -2.07. The van der Waals surface area contributed by atoms with E-state index in [4.69, 9.17) is 10.00 Å². The molecule has 0 atom stereocenters. The predicted molar refractivity (Wildman–Crippen MR) is 51.5 cm³/mol. The van der Waals surface area contributed by atoms with E-state index in [1.807, 2.05) is 31.2 Å². The van der Waals surface area contributed by atoms with E-state index in [1.165, 1.54) is 0 Å². The van der Waals surface area contributed by atoms with Crippen molar-refractivity contribution in [1.82, 2.24) is 0 Å². The summed E-state index contributed by atoms with van der Waals surface area (Å²) in [7, 11) is 0. The Hall–Kier alpha value is -1.49. The van der Waals surface area contributed by atoms with Gasteiger partial charge in [-0.15, -0.1) is 0 Å². The van der Waals surface area contributed by atoms with Gasteiger partial charge in [0.1, 0.15) is 5.75 Å². The molecular formula is C11H13NO. The molecule has 0 bridgehead atoms. The van der Waals surface area contributed by atoms with Gasteiger partial charge in [-0.05, 0) is 25.0 Å². The highest BCUT2D eigenvalue weighted by Gasteiger charge is 2.00. The zero-order valence-corrected chi connectivity index (χ0v) is 7.79. The van der Waals surface area contributed by atoms with Crippen LogP contribution >= 0.6 is 0 Å². The van der Waals surface area contributed by atoms with Crippen molar-refractivity contribution in [2.45, 2.75) is 19.8 Å². The van der Waals surface area contributed by atoms with E-state index in [-0.39, 0.29) is 0 Å². The Morgan fingerprint density at radius 1 is 1.38 bits per heavy atom. The summed E-state index contributed by atoms with van der Waals surface area (Å²) in [5.74, 6) is 0.903. The van der Waals surface area contributed by atoms with Gasteiger partial charge in [0.25, 0.3) is 0 Å². The van der Waals surface area contributed by atoms with E-state index in [2.05, 4.69) is 6.07 Å². The van der Waals surface area contributed by atoms with Crippen LogP contribution in [0.1, 0.15) is 18.9 Å². The van der Waals surface area contributed by atoms with Crippen LogP contribution in [0.15, 0.2) is 24.3 Å². The number of hydrogen-bond donors (Lipinski definition) is 0. The lowest BCUT2D eigenvalue weighted by Crippen LogP contribution is -1.96. The minimum Gasteiger partial charge on any atom is -0.494 e. The van der Waals surface area contributed by atoms with E-state index in [1.54, 1.807) is 0 Å². The molecule has 0 N–H and O–H groups in total. The van der Waals surface area contributed by atoms with Gasteiger partial charge in [-0.2, -0.15) is 5.26 Å². The summed E-state index contributed by atoms with van der Waals surface area (Å²) in [4.78, 5) is 0. The molecule has 68 valence electrons. The van der Waals surface area contributed by atoms with Crippen molar-refractivity contribution in [3.8, 4) is 11.8 Å². The Morgan fingerprint density at radius 3 is 2.85 bits per heavy atom. The van der Waals surface area contributed by atoms with Crippen LogP contribution < -0.4 is 4.74 Å². The molecule has 0 unspecified atom stereocenters. The molecule has 0 heterocycles. The summed E-state index contributed by atoms with van der Waals surface area (Å²) in [5, 5.41) is 8.46. The highest BCUT2D eigenvalue weighted by atomic mass is 16.5. The number of hydrogen-bond acceptors (Lipinski definition) is 2. The van der Waals surface area contributed by atoms with Crippen molar-refractivity contribution in [3.05, 3.63) is 29.8 Å². The molecular weight excluding hydrogens is 162 g/mol. The first-order chi connectivity index (χ1) is 6.38. The topological polar surface area (TPSA) is 33.0 Å². The molecule has 1 aromatic carbocycles. The Labute approximate surface area is 78.8 Å². The maximum absolute atomic E-state index is 8.46. The van der Waals surface area contributed by atoms with Gasteiger partial charge in [0.05, 0.1) is 12.7 Å². The molecule has 0 aliphatic heterocycles. The summed E-state index contributed by atoms with van der Waals surface area (Å²) in [6.07, 6.45) is 1.32. The third-order valence-electron chi connectivity index (χ3n) is 1.78. The molecule has 1 aromatic rings. The Morgan fingerprint density at radius 2 is 2.15 bits per heavy atom. The van der Waals surface area contributed by atoms with Crippen molar-refractivity contribution in [1.29, 1.82) is 5.26 Å². The Kier molecular flexibility index (Phi) is 3.84. The molecule has 0 aliphatic rings. The first-order valence-electron chi connectivity index (χ1n) is 4.46. The van der Waals surface area contributed by atoms with E-state index >= 15 is 0 Å². The van der Waals surface area contributed by atoms with Crippen molar-refractivity contribution in [3.63, 3.8) is 0 Å². The number of ether oxygens (including phenoxy) is 1. The number of para-hydroxylation sites is 1. The smallest absolute Gasteiger partial charge is 0.122 e. The van der Waals surface area contributed by atoms with Gasteiger partial charge >= 0.3 is 0 Å². The first kappa shape index (κ1) is 9.60. The van der Waals surface area contributed by atoms with E-state index in [0.717, 1.165) is 17.7 Å². The second-order valence-corrected chi connectivity index (χ2v) is 2.70. The van der Waals surface area contributed by atoms with Crippen LogP contribution in [-0.2, 0) is 6.42 Å². The van der Waals surface area contributed by atoms with E-state index < -0.39 is 0 Å². The third kappa shape index (κ3) is 2.79. The monoisotopic (exact) mass is 175 g/mol. The molecule has 2 nitrogen and oxygen atoms in total. The molecule has 0 spiro atoms. The van der Waals surface area contributed by atoms with Crippen molar-refractivity contribution in [2.24, 2.45) is 0 Å². The van der Waals surface area contributed by atoms with Gasteiger partial charge in [0.2, 0.25) is 0 Å². The first-order valence-corrected chi connectivity index (χ1v) is 4.46. The van der Waals surface area contributed by atoms with Gasteiger partial charge < -0.3 is 4.74 Å². The summed E-state index contributed by atoms with van der Waals surface area (Å²) >= 11 is 0. The fraction of sp³-hybridized carbons (Fsp3) is 0.364. The molecule has 0 fully saturated rings. The van der Waals surface area contributed by atoms with Crippen LogP contribution in [-0.4, -0.2) is 6.61 Å². The van der Waals surface area contributed by atoms with Crippen molar-refractivity contribution < 1.29 is 4.74 Å². The molecule has 0 radical (unpaired) electrons. The van der Waals surface area contributed by atoms with Crippen LogP contribution in [0.2, 0.25) is 0 Å². The van der Waals surface area contributed by atoms with Crippen LogP contribution in [0.3, 0.4) is 0 Å². The summed E-state index contributed by atoms with van der Waals surface area (Å²) in [5.41, 5.74) is 1.12. The number of aryl methyl sites for hydroxylation is 1. The number of rotatable bonds is 4. The van der Waals surface area contributed by atoms with Crippen LogP contribution in [0.5, 0.6) is 5.75 Å². The fourth-order valence-corrected chi connectivity index (χ4v) is 1.20. The summed E-state index contributed by atoms with van der Waals surface area (Å²) < 4.78 is 5.42. The summed E-state index contributed by atoms with van der Waals surface area (Å²) in [6, 6.07) is 9.99. The van der Waals surface area contributed by atoms with Crippen LogP contribution in [0.25, 0.3) is 0 Å². The summed E-state index contributed by atoms with van der Waals surface area (Å²) in [6.45, 7) is 2.63. The minimum absolute atomic E-state index is 0.546. The maximum atomic E-state index is 8.46. The number of nitriles is 1. The molecule has 13 heavy (non-hydrogen) atoms. The second kappa shape index (κ2) is 5.21. The zero-order chi connectivity index (χ0) is 9.52. The molecule has 2 heteroatoms. The minimum atomic E-state index is 0.546.